The zero-order valence-corrected chi connectivity index (χ0v) is 11.4. The van der Waals surface area contributed by atoms with Gasteiger partial charge in [0.2, 0.25) is 0 Å². The van der Waals surface area contributed by atoms with Gasteiger partial charge in [0.25, 0.3) is 0 Å². The van der Waals surface area contributed by atoms with E-state index in [-0.39, 0.29) is 24.6 Å². The molecule has 20 heavy (non-hydrogen) atoms. The minimum Gasteiger partial charge on any atom is -0.492 e. The van der Waals surface area contributed by atoms with Crippen molar-refractivity contribution in [3.05, 3.63) is 42.0 Å². The van der Waals surface area contributed by atoms with Gasteiger partial charge < -0.3 is 15.2 Å². The molecule has 1 aromatic rings. The predicted molar refractivity (Wildman–Crippen MR) is 72.6 cm³/mol. The van der Waals surface area contributed by atoms with Crippen LogP contribution in [0.15, 0.2) is 30.4 Å². The molecule has 0 aliphatic heterocycles. The van der Waals surface area contributed by atoms with E-state index in [1.54, 1.807) is 0 Å². The zero-order valence-electron chi connectivity index (χ0n) is 11.4. The molecule has 0 saturated carbocycles. The van der Waals surface area contributed by atoms with Crippen molar-refractivity contribution >= 4 is 0 Å². The van der Waals surface area contributed by atoms with Gasteiger partial charge in [-0.05, 0) is 25.5 Å². The second-order valence-corrected chi connectivity index (χ2v) is 5.12. The second-order valence-electron chi connectivity index (χ2n) is 5.12. The number of hydrogen-bond donors (Lipinski definition) is 2. The molecule has 0 spiro atoms. The van der Waals surface area contributed by atoms with Gasteiger partial charge >= 0.3 is 0 Å². The van der Waals surface area contributed by atoms with Gasteiger partial charge in [-0.3, -0.25) is 0 Å². The van der Waals surface area contributed by atoms with Crippen LogP contribution in [0, 0.1) is 17.6 Å². The monoisotopic (exact) mass is 283 g/mol. The molecule has 5 heteroatoms. The number of ether oxygens (including phenoxy) is 1. The molecular weight excluding hydrogens is 264 g/mol. The lowest BCUT2D eigenvalue weighted by Gasteiger charge is -2.19. The SMILES string of the molecule is C[C@H](COc1ccc(F)c(F)c1)N[C@@H]1C=C[C@H](CO)C1. The molecule has 0 radical (unpaired) electrons. The van der Waals surface area contributed by atoms with Crippen LogP contribution in [0.25, 0.3) is 0 Å². The van der Waals surface area contributed by atoms with Crippen LogP contribution >= 0.6 is 0 Å². The average molecular weight is 283 g/mol. The van der Waals surface area contributed by atoms with Crippen molar-refractivity contribution in [2.45, 2.75) is 25.4 Å². The first-order valence-corrected chi connectivity index (χ1v) is 6.71. The molecular formula is C15H19F2NO2. The van der Waals surface area contributed by atoms with Gasteiger partial charge in [0.05, 0.1) is 0 Å². The average Bonchev–Trinajstić information content (AvgIpc) is 2.88. The molecule has 1 aromatic carbocycles. The fraction of sp³-hybridized carbons (Fsp3) is 0.467. The second kappa shape index (κ2) is 6.81. The summed E-state index contributed by atoms with van der Waals surface area (Å²) in [6.45, 7) is 2.48. The third-order valence-electron chi connectivity index (χ3n) is 3.30. The lowest BCUT2D eigenvalue weighted by molar-refractivity contribution is 0.236. The van der Waals surface area contributed by atoms with Crippen molar-refractivity contribution < 1.29 is 18.6 Å². The molecule has 0 amide bonds. The van der Waals surface area contributed by atoms with E-state index in [9.17, 15) is 8.78 Å². The van der Waals surface area contributed by atoms with Gasteiger partial charge in [0.15, 0.2) is 11.6 Å². The fourth-order valence-electron chi connectivity index (χ4n) is 2.23. The molecule has 2 rings (SSSR count). The summed E-state index contributed by atoms with van der Waals surface area (Å²) in [5, 5.41) is 12.4. The maximum absolute atomic E-state index is 13.0. The Balaban J connectivity index is 1.76. The van der Waals surface area contributed by atoms with Gasteiger partial charge in [-0.2, -0.15) is 0 Å². The van der Waals surface area contributed by atoms with Gasteiger partial charge in [0, 0.05) is 30.7 Å². The van der Waals surface area contributed by atoms with Crippen LogP contribution in [0.1, 0.15) is 13.3 Å². The number of halogens is 2. The van der Waals surface area contributed by atoms with Crippen molar-refractivity contribution in [1.29, 1.82) is 0 Å². The van der Waals surface area contributed by atoms with Crippen LogP contribution in [-0.2, 0) is 0 Å². The number of nitrogens with one attached hydrogen (secondary N) is 1. The van der Waals surface area contributed by atoms with E-state index in [0.717, 1.165) is 18.6 Å². The van der Waals surface area contributed by atoms with Gasteiger partial charge in [-0.25, -0.2) is 8.78 Å². The van der Waals surface area contributed by atoms with Gasteiger partial charge in [0.1, 0.15) is 12.4 Å². The van der Waals surface area contributed by atoms with E-state index in [1.165, 1.54) is 6.07 Å². The normalized spacial score (nSPS) is 23.0. The molecule has 0 heterocycles. The van der Waals surface area contributed by atoms with Crippen LogP contribution in [0.4, 0.5) is 8.78 Å². The van der Waals surface area contributed by atoms with Crippen LogP contribution in [0.3, 0.4) is 0 Å². The molecule has 3 atom stereocenters. The van der Waals surface area contributed by atoms with E-state index >= 15 is 0 Å². The van der Waals surface area contributed by atoms with Crippen LogP contribution in [0.5, 0.6) is 5.75 Å². The molecule has 3 nitrogen and oxygen atoms in total. The maximum atomic E-state index is 13.0. The Morgan fingerprint density at radius 3 is 2.80 bits per heavy atom. The smallest absolute Gasteiger partial charge is 0.162 e. The number of aliphatic hydroxyl groups excluding tert-OH is 1. The highest BCUT2D eigenvalue weighted by Crippen LogP contribution is 2.18. The van der Waals surface area contributed by atoms with Crippen molar-refractivity contribution in [2.75, 3.05) is 13.2 Å². The highest BCUT2D eigenvalue weighted by atomic mass is 19.2. The first-order chi connectivity index (χ1) is 9.58. The van der Waals surface area contributed by atoms with E-state index in [2.05, 4.69) is 5.32 Å². The Morgan fingerprint density at radius 2 is 2.15 bits per heavy atom. The lowest BCUT2D eigenvalue weighted by Crippen LogP contribution is -2.38. The summed E-state index contributed by atoms with van der Waals surface area (Å²) in [5.74, 6) is -1.26. The summed E-state index contributed by atoms with van der Waals surface area (Å²) in [6.07, 6.45) is 4.90. The summed E-state index contributed by atoms with van der Waals surface area (Å²) < 4.78 is 31.2. The number of hydrogen-bond acceptors (Lipinski definition) is 3. The maximum Gasteiger partial charge on any atom is 0.162 e. The molecule has 110 valence electrons. The minimum absolute atomic E-state index is 0.0650. The minimum atomic E-state index is -0.910. The van der Waals surface area contributed by atoms with E-state index in [4.69, 9.17) is 9.84 Å². The number of aliphatic hydroxyl groups is 1. The molecule has 0 fully saturated rings. The molecule has 0 aromatic heterocycles. The van der Waals surface area contributed by atoms with Crippen LogP contribution < -0.4 is 10.1 Å². The Kier molecular flexibility index (Phi) is 5.09. The highest BCUT2D eigenvalue weighted by Gasteiger charge is 2.19. The van der Waals surface area contributed by atoms with Crippen molar-refractivity contribution in [3.8, 4) is 5.75 Å². The number of rotatable bonds is 6. The van der Waals surface area contributed by atoms with E-state index < -0.39 is 11.6 Å². The van der Waals surface area contributed by atoms with E-state index in [1.807, 2.05) is 19.1 Å². The summed E-state index contributed by atoms with van der Waals surface area (Å²) in [5.41, 5.74) is 0. The first-order valence-electron chi connectivity index (χ1n) is 6.71. The van der Waals surface area contributed by atoms with E-state index in [0.29, 0.717) is 12.4 Å². The summed E-state index contributed by atoms with van der Waals surface area (Å²) in [6, 6.07) is 3.78. The standard InChI is InChI=1S/C15H19F2NO2/c1-10(18-12-3-2-11(6-12)8-19)9-20-13-4-5-14(16)15(17)7-13/h2-5,7,10-12,18-19H,6,8-9H2,1H3/t10-,11+,12-/m1/s1. The quantitative estimate of drug-likeness (QED) is 0.787. The third kappa shape index (κ3) is 4.02. The van der Waals surface area contributed by atoms with Crippen LogP contribution in [0.2, 0.25) is 0 Å². The largest absolute Gasteiger partial charge is 0.492 e. The van der Waals surface area contributed by atoms with Gasteiger partial charge in [-0.15, -0.1) is 0 Å². The lowest BCUT2D eigenvalue weighted by atomic mass is 10.1. The third-order valence-corrected chi connectivity index (χ3v) is 3.30. The molecule has 0 saturated heterocycles. The Hall–Kier alpha value is -1.46. The molecule has 0 bridgehead atoms. The molecule has 1 aliphatic rings. The topological polar surface area (TPSA) is 41.5 Å². The fourth-order valence-corrected chi connectivity index (χ4v) is 2.23. The van der Waals surface area contributed by atoms with Crippen molar-refractivity contribution in [3.63, 3.8) is 0 Å². The van der Waals surface area contributed by atoms with Crippen molar-refractivity contribution in [1.82, 2.24) is 5.32 Å². The highest BCUT2D eigenvalue weighted by molar-refractivity contribution is 5.23. The molecule has 2 N–H and O–H groups in total. The Labute approximate surface area is 117 Å². The number of benzene rings is 1. The predicted octanol–water partition coefficient (Wildman–Crippen LogP) is 2.26. The Bertz CT molecular complexity index is 479. The summed E-state index contributed by atoms with van der Waals surface area (Å²) in [7, 11) is 0. The Morgan fingerprint density at radius 1 is 1.35 bits per heavy atom. The van der Waals surface area contributed by atoms with Crippen molar-refractivity contribution in [2.24, 2.45) is 5.92 Å². The molecule has 0 unspecified atom stereocenters. The summed E-state index contributed by atoms with van der Waals surface area (Å²) in [4.78, 5) is 0. The van der Waals surface area contributed by atoms with Crippen LogP contribution in [-0.4, -0.2) is 30.4 Å². The zero-order chi connectivity index (χ0) is 14.5. The summed E-state index contributed by atoms with van der Waals surface area (Å²) >= 11 is 0. The van der Waals surface area contributed by atoms with Gasteiger partial charge in [-0.1, -0.05) is 12.2 Å². The molecule has 1 aliphatic carbocycles. The first kappa shape index (κ1) is 14.9.